The molecular formula is C9H19NO4. The van der Waals surface area contributed by atoms with Crippen molar-refractivity contribution in [1.82, 2.24) is 5.32 Å². The van der Waals surface area contributed by atoms with Gasteiger partial charge >= 0.3 is 6.09 Å². The smallest absolute Gasteiger partial charge is 0.405 e. The van der Waals surface area contributed by atoms with Crippen molar-refractivity contribution >= 4 is 6.09 Å². The minimum atomic E-state index is -1.16. The second-order valence-electron chi connectivity index (χ2n) is 4.17. The van der Waals surface area contributed by atoms with Crippen molar-refractivity contribution in [2.45, 2.75) is 45.4 Å². The van der Waals surface area contributed by atoms with Gasteiger partial charge in [-0.05, 0) is 27.7 Å². The zero-order valence-electron chi connectivity index (χ0n) is 9.07. The lowest BCUT2D eigenvalue weighted by atomic mass is 10.1. The number of carboxylic acid groups (broad SMARTS) is 1. The Kier molecular flexibility index (Phi) is 4.87. The van der Waals surface area contributed by atoms with E-state index in [9.17, 15) is 4.79 Å². The van der Waals surface area contributed by atoms with Crippen LogP contribution in [0.4, 0.5) is 4.79 Å². The summed E-state index contributed by atoms with van der Waals surface area (Å²) < 4.78 is 5.51. The highest BCUT2D eigenvalue weighted by molar-refractivity contribution is 5.64. The van der Waals surface area contributed by atoms with Gasteiger partial charge in [0.25, 0.3) is 0 Å². The summed E-state index contributed by atoms with van der Waals surface area (Å²) in [6.45, 7) is 7.07. The predicted octanol–water partition coefficient (Wildman–Crippen LogP) is 0.819. The van der Waals surface area contributed by atoms with Crippen LogP contribution in [0.5, 0.6) is 0 Å². The number of ether oxygens (including phenoxy) is 1. The summed E-state index contributed by atoms with van der Waals surface area (Å²) in [5.41, 5.74) is -0.354. The number of nitrogens with one attached hydrogen (secondary N) is 1. The largest absolute Gasteiger partial charge is 0.465 e. The Morgan fingerprint density at radius 3 is 2.29 bits per heavy atom. The van der Waals surface area contributed by atoms with E-state index in [1.165, 1.54) is 0 Å². The Labute approximate surface area is 84.1 Å². The SMILES string of the molecule is C[C@@H](OC(C)(C)C)[C@@H](CO)NC(=O)O. The van der Waals surface area contributed by atoms with Gasteiger partial charge in [0.15, 0.2) is 0 Å². The molecule has 0 fully saturated rings. The monoisotopic (exact) mass is 205 g/mol. The molecule has 0 unspecified atom stereocenters. The molecule has 0 aromatic rings. The molecule has 0 aromatic carbocycles. The van der Waals surface area contributed by atoms with Crippen LogP contribution >= 0.6 is 0 Å². The van der Waals surface area contributed by atoms with Gasteiger partial charge in [0.05, 0.1) is 24.4 Å². The molecule has 0 saturated carbocycles. The lowest BCUT2D eigenvalue weighted by molar-refractivity contribution is -0.0717. The molecule has 0 heterocycles. The average molecular weight is 205 g/mol. The van der Waals surface area contributed by atoms with Crippen molar-refractivity contribution < 1.29 is 19.7 Å². The summed E-state index contributed by atoms with van der Waals surface area (Å²) in [6.07, 6.45) is -1.52. The quantitative estimate of drug-likeness (QED) is 0.635. The lowest BCUT2D eigenvalue weighted by Crippen LogP contribution is -2.47. The normalized spacial score (nSPS) is 16.1. The molecular weight excluding hydrogens is 186 g/mol. The van der Waals surface area contributed by atoms with E-state index in [-0.39, 0.29) is 18.3 Å². The number of aliphatic hydroxyl groups excluding tert-OH is 1. The molecule has 3 N–H and O–H groups in total. The van der Waals surface area contributed by atoms with E-state index >= 15 is 0 Å². The maximum atomic E-state index is 10.4. The van der Waals surface area contributed by atoms with Gasteiger partial charge in [0, 0.05) is 0 Å². The van der Waals surface area contributed by atoms with Gasteiger partial charge in [0.1, 0.15) is 0 Å². The van der Waals surface area contributed by atoms with Crippen LogP contribution in [0, 0.1) is 0 Å². The number of hydrogen-bond donors (Lipinski definition) is 3. The Balaban J connectivity index is 4.17. The van der Waals surface area contributed by atoms with Crippen LogP contribution in [-0.2, 0) is 4.74 Å². The van der Waals surface area contributed by atoms with Gasteiger partial charge in [0.2, 0.25) is 0 Å². The molecule has 0 spiro atoms. The Bertz CT molecular complexity index is 188. The molecule has 0 saturated heterocycles. The lowest BCUT2D eigenvalue weighted by Gasteiger charge is -2.29. The average Bonchev–Trinajstić information content (AvgIpc) is 1.96. The van der Waals surface area contributed by atoms with Crippen LogP contribution in [-0.4, -0.2) is 40.7 Å². The molecule has 0 aromatic heterocycles. The zero-order valence-corrected chi connectivity index (χ0v) is 9.07. The first-order chi connectivity index (χ1) is 6.26. The summed E-state index contributed by atoms with van der Waals surface area (Å²) in [4.78, 5) is 10.4. The minimum Gasteiger partial charge on any atom is -0.465 e. The van der Waals surface area contributed by atoms with Crippen molar-refractivity contribution in [3.8, 4) is 0 Å². The van der Waals surface area contributed by atoms with Crippen LogP contribution in [0.3, 0.4) is 0 Å². The van der Waals surface area contributed by atoms with Gasteiger partial charge in [-0.2, -0.15) is 0 Å². The fourth-order valence-electron chi connectivity index (χ4n) is 1.11. The molecule has 1 amide bonds. The first-order valence-corrected chi connectivity index (χ1v) is 4.54. The van der Waals surface area contributed by atoms with E-state index in [0.717, 1.165) is 0 Å². The standard InChI is InChI=1S/C9H19NO4/c1-6(14-9(2,3)4)7(5-11)10-8(12)13/h6-7,10-11H,5H2,1-4H3,(H,12,13)/t6-,7-/m1/s1. The maximum Gasteiger partial charge on any atom is 0.405 e. The Hall–Kier alpha value is -0.810. The number of carbonyl (C=O) groups is 1. The van der Waals surface area contributed by atoms with Gasteiger partial charge < -0.3 is 20.3 Å². The van der Waals surface area contributed by atoms with E-state index in [1.54, 1.807) is 6.92 Å². The second-order valence-corrected chi connectivity index (χ2v) is 4.17. The molecule has 0 radical (unpaired) electrons. The predicted molar refractivity (Wildman–Crippen MR) is 52.3 cm³/mol. The molecule has 0 rings (SSSR count). The number of aliphatic hydroxyl groups is 1. The van der Waals surface area contributed by atoms with Crippen LogP contribution in [0.1, 0.15) is 27.7 Å². The van der Waals surface area contributed by atoms with E-state index in [4.69, 9.17) is 14.9 Å². The molecule has 84 valence electrons. The van der Waals surface area contributed by atoms with Crippen molar-refractivity contribution in [1.29, 1.82) is 0 Å². The summed E-state index contributed by atoms with van der Waals surface area (Å²) in [6, 6.07) is -0.591. The highest BCUT2D eigenvalue weighted by Crippen LogP contribution is 2.12. The second kappa shape index (κ2) is 5.17. The number of hydrogen-bond acceptors (Lipinski definition) is 3. The summed E-state index contributed by atoms with van der Waals surface area (Å²) in [7, 11) is 0. The van der Waals surface area contributed by atoms with E-state index in [0.29, 0.717) is 0 Å². The van der Waals surface area contributed by atoms with Gasteiger partial charge in [-0.3, -0.25) is 0 Å². The van der Waals surface area contributed by atoms with Gasteiger partial charge in [-0.15, -0.1) is 0 Å². The molecule has 0 aliphatic rings. The van der Waals surface area contributed by atoms with Crippen LogP contribution in [0.15, 0.2) is 0 Å². The van der Waals surface area contributed by atoms with E-state index < -0.39 is 12.1 Å². The topological polar surface area (TPSA) is 78.8 Å². The van der Waals surface area contributed by atoms with Crippen LogP contribution in [0.25, 0.3) is 0 Å². The van der Waals surface area contributed by atoms with Crippen molar-refractivity contribution in [3.63, 3.8) is 0 Å². The van der Waals surface area contributed by atoms with Crippen LogP contribution < -0.4 is 5.32 Å². The molecule has 0 aliphatic heterocycles. The van der Waals surface area contributed by atoms with Gasteiger partial charge in [-0.1, -0.05) is 0 Å². The summed E-state index contributed by atoms with van der Waals surface area (Å²) >= 11 is 0. The first-order valence-electron chi connectivity index (χ1n) is 4.54. The molecule has 2 atom stereocenters. The van der Waals surface area contributed by atoms with Gasteiger partial charge in [-0.25, -0.2) is 4.79 Å². The third kappa shape index (κ3) is 5.77. The van der Waals surface area contributed by atoms with Crippen molar-refractivity contribution in [3.05, 3.63) is 0 Å². The molecule has 5 heteroatoms. The van der Waals surface area contributed by atoms with Crippen LogP contribution in [0.2, 0.25) is 0 Å². The zero-order chi connectivity index (χ0) is 11.4. The fourth-order valence-corrected chi connectivity index (χ4v) is 1.11. The highest BCUT2D eigenvalue weighted by atomic mass is 16.5. The Morgan fingerprint density at radius 1 is 1.50 bits per heavy atom. The third-order valence-electron chi connectivity index (χ3n) is 1.61. The highest BCUT2D eigenvalue weighted by Gasteiger charge is 2.23. The molecule has 5 nitrogen and oxygen atoms in total. The minimum absolute atomic E-state index is 0.274. The fraction of sp³-hybridized carbons (Fsp3) is 0.889. The third-order valence-corrected chi connectivity index (χ3v) is 1.61. The number of rotatable bonds is 4. The van der Waals surface area contributed by atoms with E-state index in [1.807, 2.05) is 20.8 Å². The van der Waals surface area contributed by atoms with Crippen molar-refractivity contribution in [2.75, 3.05) is 6.61 Å². The summed E-state index contributed by atoms with van der Waals surface area (Å²) in [5, 5.41) is 19.6. The van der Waals surface area contributed by atoms with Crippen molar-refractivity contribution in [2.24, 2.45) is 0 Å². The molecule has 0 bridgehead atoms. The van der Waals surface area contributed by atoms with E-state index in [2.05, 4.69) is 5.32 Å². The maximum absolute atomic E-state index is 10.4. The molecule has 0 aliphatic carbocycles. The first kappa shape index (κ1) is 13.2. The number of amides is 1. The Morgan fingerprint density at radius 2 is 2.00 bits per heavy atom. The summed E-state index contributed by atoms with van der Waals surface area (Å²) in [5.74, 6) is 0. The molecule has 14 heavy (non-hydrogen) atoms.